The second-order valence-electron chi connectivity index (χ2n) is 4.82. The molecule has 2 aromatic heterocycles. The van der Waals surface area contributed by atoms with Gasteiger partial charge in [0, 0.05) is 5.56 Å². The first-order valence-electron chi connectivity index (χ1n) is 6.72. The number of benzene rings is 1. The summed E-state index contributed by atoms with van der Waals surface area (Å²) in [5, 5.41) is 9.26. The normalized spacial score (nSPS) is 10.7. The molecule has 116 valence electrons. The Kier molecular flexibility index (Phi) is 3.71. The van der Waals surface area contributed by atoms with Crippen molar-refractivity contribution in [3.63, 3.8) is 0 Å². The summed E-state index contributed by atoms with van der Waals surface area (Å²) in [7, 11) is 0. The smallest absolute Gasteiger partial charge is 0.270 e. The van der Waals surface area contributed by atoms with Crippen molar-refractivity contribution in [1.29, 1.82) is 0 Å². The molecule has 23 heavy (non-hydrogen) atoms. The van der Waals surface area contributed by atoms with Crippen LogP contribution in [0.1, 0.15) is 10.5 Å². The van der Waals surface area contributed by atoms with Gasteiger partial charge in [-0.05, 0) is 24.3 Å². The van der Waals surface area contributed by atoms with Crippen LogP contribution in [-0.4, -0.2) is 33.5 Å². The lowest BCUT2D eigenvalue weighted by Gasteiger charge is -2.03. The fourth-order valence-corrected chi connectivity index (χ4v) is 2.12. The third kappa shape index (κ3) is 3.00. The van der Waals surface area contributed by atoms with Gasteiger partial charge in [0.2, 0.25) is 5.91 Å². The lowest BCUT2D eigenvalue weighted by molar-refractivity contribution is -0.117. The van der Waals surface area contributed by atoms with Crippen molar-refractivity contribution in [2.75, 3.05) is 6.54 Å². The number of nitrogens with one attached hydrogen (secondary N) is 2. The van der Waals surface area contributed by atoms with Crippen LogP contribution >= 0.6 is 0 Å². The molecular weight excluding hydrogens is 301 g/mol. The van der Waals surface area contributed by atoms with Gasteiger partial charge in [0.05, 0.1) is 12.1 Å². The van der Waals surface area contributed by atoms with Crippen LogP contribution < -0.4 is 11.1 Å². The van der Waals surface area contributed by atoms with Crippen LogP contribution in [0, 0.1) is 5.82 Å². The van der Waals surface area contributed by atoms with Gasteiger partial charge in [-0.1, -0.05) is 12.1 Å². The van der Waals surface area contributed by atoms with Crippen LogP contribution in [0.15, 0.2) is 36.4 Å². The Morgan fingerprint density at radius 1 is 1.26 bits per heavy atom. The number of carbonyl (C=O) groups excluding carboxylic acids is 2. The van der Waals surface area contributed by atoms with E-state index in [1.807, 2.05) is 0 Å². The lowest BCUT2D eigenvalue weighted by atomic mass is 10.1. The van der Waals surface area contributed by atoms with Gasteiger partial charge in [0.1, 0.15) is 22.7 Å². The number of nitrogens with two attached hydrogens (primary N) is 1. The molecule has 4 N–H and O–H groups in total. The highest BCUT2D eigenvalue weighted by molar-refractivity contribution is 5.98. The van der Waals surface area contributed by atoms with Gasteiger partial charge in [-0.3, -0.25) is 14.7 Å². The first-order chi connectivity index (χ1) is 11.0. The summed E-state index contributed by atoms with van der Waals surface area (Å²) in [6.45, 7) is -0.277. The number of aromatic nitrogens is 3. The van der Waals surface area contributed by atoms with Crippen LogP contribution in [0.3, 0.4) is 0 Å². The lowest BCUT2D eigenvalue weighted by Crippen LogP contribution is -2.33. The van der Waals surface area contributed by atoms with Crippen LogP contribution in [0.2, 0.25) is 0 Å². The van der Waals surface area contributed by atoms with Gasteiger partial charge in [-0.2, -0.15) is 5.10 Å². The quantitative estimate of drug-likeness (QED) is 0.666. The second-order valence-corrected chi connectivity index (χ2v) is 4.82. The summed E-state index contributed by atoms with van der Waals surface area (Å²) in [6, 6.07) is 9.05. The van der Waals surface area contributed by atoms with E-state index in [9.17, 15) is 14.0 Å². The number of hydrogen-bond donors (Lipinski definition) is 3. The van der Waals surface area contributed by atoms with E-state index in [0.717, 1.165) is 0 Å². The van der Waals surface area contributed by atoms with Crippen molar-refractivity contribution in [3.05, 3.63) is 47.9 Å². The number of rotatable bonds is 4. The predicted molar refractivity (Wildman–Crippen MR) is 80.8 cm³/mol. The van der Waals surface area contributed by atoms with Crippen molar-refractivity contribution >= 4 is 22.8 Å². The van der Waals surface area contributed by atoms with Crippen LogP contribution in [0.4, 0.5) is 4.39 Å². The van der Waals surface area contributed by atoms with Crippen LogP contribution in [0.5, 0.6) is 0 Å². The van der Waals surface area contributed by atoms with Crippen molar-refractivity contribution in [2.24, 2.45) is 5.73 Å². The van der Waals surface area contributed by atoms with Crippen molar-refractivity contribution < 1.29 is 14.0 Å². The molecule has 0 bridgehead atoms. The molecule has 0 spiro atoms. The average molecular weight is 313 g/mol. The van der Waals surface area contributed by atoms with E-state index in [0.29, 0.717) is 22.3 Å². The maximum absolute atomic E-state index is 13.4. The highest BCUT2D eigenvalue weighted by Crippen LogP contribution is 2.25. The Bertz CT molecular complexity index is 906. The van der Waals surface area contributed by atoms with Crippen LogP contribution in [-0.2, 0) is 4.79 Å². The largest absolute Gasteiger partial charge is 0.368 e. The topological polar surface area (TPSA) is 114 Å². The Balaban J connectivity index is 2.00. The predicted octanol–water partition coefficient (Wildman–Crippen LogP) is 0.979. The maximum atomic E-state index is 13.4. The molecule has 0 atom stereocenters. The van der Waals surface area contributed by atoms with Gasteiger partial charge in [-0.15, -0.1) is 0 Å². The zero-order chi connectivity index (χ0) is 16.4. The van der Waals surface area contributed by atoms with E-state index < -0.39 is 17.6 Å². The number of fused-ring (bicyclic) bond motifs is 1. The number of amides is 2. The standard InChI is InChI=1S/C15H12FN5O2/c16-9-3-1-2-8(6-9)13-14-10(20-21-13)4-5-11(19-14)15(23)18-7-12(17)22/h1-6H,7H2,(H2,17,22)(H,18,23)(H,20,21). The van der Waals surface area contributed by atoms with Crippen molar-refractivity contribution in [2.45, 2.75) is 0 Å². The summed E-state index contributed by atoms with van der Waals surface area (Å²) >= 11 is 0. The minimum absolute atomic E-state index is 0.109. The molecule has 0 unspecified atom stereocenters. The molecule has 0 saturated heterocycles. The van der Waals surface area contributed by atoms with Gasteiger partial charge < -0.3 is 11.1 Å². The Hall–Kier alpha value is -3.29. The Morgan fingerprint density at radius 2 is 2.09 bits per heavy atom. The summed E-state index contributed by atoms with van der Waals surface area (Å²) in [4.78, 5) is 26.9. The molecule has 0 fully saturated rings. The molecule has 3 rings (SSSR count). The fourth-order valence-electron chi connectivity index (χ4n) is 2.12. The third-order valence-corrected chi connectivity index (χ3v) is 3.16. The minimum Gasteiger partial charge on any atom is -0.368 e. The first-order valence-corrected chi connectivity index (χ1v) is 6.72. The van der Waals surface area contributed by atoms with E-state index in [1.165, 1.54) is 18.2 Å². The molecule has 0 aliphatic rings. The number of nitrogens with zero attached hydrogens (tertiary/aromatic N) is 2. The van der Waals surface area contributed by atoms with Gasteiger partial charge in [-0.25, -0.2) is 9.37 Å². The van der Waals surface area contributed by atoms with Crippen molar-refractivity contribution in [3.8, 4) is 11.3 Å². The molecule has 0 aliphatic heterocycles. The monoisotopic (exact) mass is 313 g/mol. The highest BCUT2D eigenvalue weighted by atomic mass is 19.1. The molecule has 0 aliphatic carbocycles. The first kappa shape index (κ1) is 14.6. The Labute approximate surface area is 129 Å². The molecule has 7 nitrogen and oxygen atoms in total. The number of pyridine rings is 1. The fraction of sp³-hybridized carbons (Fsp3) is 0.0667. The molecule has 1 aromatic carbocycles. The number of halogens is 1. The van der Waals surface area contributed by atoms with Gasteiger partial charge >= 0.3 is 0 Å². The summed E-state index contributed by atoms with van der Waals surface area (Å²) in [5.74, 6) is -1.57. The van der Waals surface area contributed by atoms with Gasteiger partial charge in [0.15, 0.2) is 0 Å². The number of aromatic amines is 1. The molecule has 2 heterocycles. The SMILES string of the molecule is NC(=O)CNC(=O)c1ccc2[nH]nc(-c3cccc(F)c3)c2n1. The molecule has 8 heteroatoms. The summed E-state index contributed by atoms with van der Waals surface area (Å²) in [6.07, 6.45) is 0. The number of H-pyrrole nitrogens is 1. The van der Waals surface area contributed by atoms with E-state index in [4.69, 9.17) is 5.73 Å². The van der Waals surface area contributed by atoms with E-state index in [2.05, 4.69) is 20.5 Å². The second kappa shape index (κ2) is 5.84. The molecular formula is C15H12FN5O2. The average Bonchev–Trinajstić information content (AvgIpc) is 2.95. The number of hydrogen-bond acceptors (Lipinski definition) is 4. The van der Waals surface area contributed by atoms with Crippen LogP contribution in [0.25, 0.3) is 22.3 Å². The van der Waals surface area contributed by atoms with E-state index >= 15 is 0 Å². The maximum Gasteiger partial charge on any atom is 0.270 e. The molecule has 2 amide bonds. The molecule has 3 aromatic rings. The van der Waals surface area contributed by atoms with Crippen molar-refractivity contribution in [1.82, 2.24) is 20.5 Å². The molecule has 0 saturated carbocycles. The zero-order valence-electron chi connectivity index (χ0n) is 11.8. The summed E-state index contributed by atoms with van der Waals surface area (Å²) < 4.78 is 13.4. The van der Waals surface area contributed by atoms with E-state index in [1.54, 1.807) is 18.2 Å². The number of primary amides is 1. The zero-order valence-corrected chi connectivity index (χ0v) is 11.8. The number of carbonyl (C=O) groups is 2. The van der Waals surface area contributed by atoms with E-state index in [-0.39, 0.29) is 12.2 Å². The third-order valence-electron chi connectivity index (χ3n) is 3.16. The Morgan fingerprint density at radius 3 is 2.83 bits per heavy atom. The highest BCUT2D eigenvalue weighted by Gasteiger charge is 2.14. The van der Waals surface area contributed by atoms with Gasteiger partial charge in [0.25, 0.3) is 5.91 Å². The summed E-state index contributed by atoms with van der Waals surface area (Å²) in [5.41, 5.74) is 7.11. The molecule has 0 radical (unpaired) electrons. The minimum atomic E-state index is -0.650.